The van der Waals surface area contributed by atoms with Crippen molar-refractivity contribution in [2.24, 2.45) is 4.99 Å². The van der Waals surface area contributed by atoms with Gasteiger partial charge in [0.1, 0.15) is 0 Å². The third kappa shape index (κ3) is 9.74. The van der Waals surface area contributed by atoms with E-state index in [-0.39, 0.29) is 24.0 Å². The number of methoxy groups -OCH3 is 1. The molecule has 0 aliphatic carbocycles. The molecule has 0 radical (unpaired) electrons. The molecule has 5 nitrogen and oxygen atoms in total. The van der Waals surface area contributed by atoms with Crippen molar-refractivity contribution in [3.8, 4) is 0 Å². The second-order valence-corrected chi connectivity index (χ2v) is 5.99. The van der Waals surface area contributed by atoms with Crippen LogP contribution >= 0.6 is 24.0 Å². The quantitative estimate of drug-likeness (QED) is 0.234. The highest BCUT2D eigenvalue weighted by atomic mass is 127. The zero-order chi connectivity index (χ0) is 18.5. The van der Waals surface area contributed by atoms with Crippen molar-refractivity contribution >= 4 is 29.9 Å². The molecule has 0 aromatic heterocycles. The van der Waals surface area contributed by atoms with Crippen LogP contribution in [-0.4, -0.2) is 33.3 Å². The Balaban J connectivity index is 0.00000364. The van der Waals surface area contributed by atoms with Gasteiger partial charge in [0.05, 0.1) is 13.2 Å². The minimum atomic E-state index is 0. The number of nitrogens with one attached hydrogen (secondary N) is 2. The lowest BCUT2D eigenvalue weighted by Crippen LogP contribution is -2.37. The third-order valence-electron chi connectivity index (χ3n) is 3.90. The average Bonchev–Trinajstić information content (AvgIpc) is 2.69. The summed E-state index contributed by atoms with van der Waals surface area (Å²) in [5, 5.41) is 6.58. The zero-order valence-corrected chi connectivity index (χ0v) is 18.4. The Morgan fingerprint density at radius 2 is 1.52 bits per heavy atom. The van der Waals surface area contributed by atoms with Crippen molar-refractivity contribution in [2.75, 3.05) is 27.3 Å². The lowest BCUT2D eigenvalue weighted by Gasteiger charge is -2.12. The van der Waals surface area contributed by atoms with Crippen LogP contribution in [0.2, 0.25) is 0 Å². The van der Waals surface area contributed by atoms with Crippen LogP contribution in [0.3, 0.4) is 0 Å². The molecule has 2 aromatic carbocycles. The summed E-state index contributed by atoms with van der Waals surface area (Å²) in [6, 6.07) is 18.7. The summed E-state index contributed by atoms with van der Waals surface area (Å²) in [5.74, 6) is 0.802. The molecule has 0 aliphatic heterocycles. The van der Waals surface area contributed by atoms with Crippen molar-refractivity contribution in [2.45, 2.75) is 26.2 Å². The number of guanidine groups is 1. The molecular formula is C21H30IN3O2. The van der Waals surface area contributed by atoms with Gasteiger partial charge in [-0.25, -0.2) is 0 Å². The van der Waals surface area contributed by atoms with Gasteiger partial charge in [0.15, 0.2) is 5.96 Å². The summed E-state index contributed by atoms with van der Waals surface area (Å²) in [4.78, 5) is 4.22. The van der Waals surface area contributed by atoms with Gasteiger partial charge in [0.2, 0.25) is 0 Å². The third-order valence-corrected chi connectivity index (χ3v) is 3.90. The fourth-order valence-electron chi connectivity index (χ4n) is 2.44. The average molecular weight is 483 g/mol. The maximum atomic E-state index is 5.77. The van der Waals surface area contributed by atoms with Crippen molar-refractivity contribution in [1.82, 2.24) is 10.6 Å². The molecular weight excluding hydrogens is 453 g/mol. The number of ether oxygens (including phenoxy) is 2. The summed E-state index contributed by atoms with van der Waals surface area (Å²) in [7, 11) is 3.49. The first-order valence-corrected chi connectivity index (χ1v) is 8.94. The van der Waals surface area contributed by atoms with Gasteiger partial charge in [-0.3, -0.25) is 4.99 Å². The Morgan fingerprint density at radius 3 is 2.15 bits per heavy atom. The molecule has 0 heterocycles. The zero-order valence-electron chi connectivity index (χ0n) is 16.1. The standard InChI is InChI=1S/C21H29N3O2.HI/c1-22-21(23-13-6-14-25-2)24-15-18-9-11-20(12-10-18)17-26-16-19-7-4-3-5-8-19;/h3-5,7-12H,6,13-17H2,1-2H3,(H2,22,23,24);1H. The summed E-state index contributed by atoms with van der Waals surface area (Å²) in [5.41, 5.74) is 3.57. The Labute approximate surface area is 179 Å². The number of hydrogen-bond acceptors (Lipinski definition) is 3. The first-order chi connectivity index (χ1) is 12.8. The first kappa shape index (κ1) is 23.4. The SMILES string of the molecule is CN=C(NCCCOC)NCc1ccc(COCc2ccccc2)cc1.I. The van der Waals surface area contributed by atoms with Crippen molar-refractivity contribution in [1.29, 1.82) is 0 Å². The Morgan fingerprint density at radius 1 is 0.889 bits per heavy atom. The Bertz CT molecular complexity index is 648. The van der Waals surface area contributed by atoms with E-state index in [2.05, 4.69) is 52.0 Å². The van der Waals surface area contributed by atoms with E-state index in [1.807, 2.05) is 18.2 Å². The van der Waals surface area contributed by atoms with Gasteiger partial charge in [0, 0.05) is 33.9 Å². The van der Waals surface area contributed by atoms with Gasteiger partial charge >= 0.3 is 0 Å². The largest absolute Gasteiger partial charge is 0.385 e. The van der Waals surface area contributed by atoms with Crippen LogP contribution in [0.4, 0.5) is 0 Å². The maximum absolute atomic E-state index is 5.77. The summed E-state index contributed by atoms with van der Waals surface area (Å²) < 4.78 is 10.8. The predicted molar refractivity (Wildman–Crippen MR) is 121 cm³/mol. The minimum Gasteiger partial charge on any atom is -0.385 e. The number of nitrogens with zero attached hydrogens (tertiary/aromatic N) is 1. The highest BCUT2D eigenvalue weighted by Gasteiger charge is 2.00. The summed E-state index contributed by atoms with van der Waals surface area (Å²) in [6.45, 7) is 3.57. The normalized spacial score (nSPS) is 11.0. The van der Waals surface area contributed by atoms with E-state index in [0.29, 0.717) is 13.2 Å². The number of halogens is 1. The molecule has 0 bridgehead atoms. The molecule has 0 unspecified atom stereocenters. The van der Waals surface area contributed by atoms with E-state index in [0.717, 1.165) is 32.1 Å². The van der Waals surface area contributed by atoms with Crippen LogP contribution in [-0.2, 0) is 29.2 Å². The van der Waals surface area contributed by atoms with Gasteiger partial charge in [-0.1, -0.05) is 54.6 Å². The molecule has 0 fully saturated rings. The molecule has 2 rings (SSSR count). The molecule has 27 heavy (non-hydrogen) atoms. The molecule has 0 atom stereocenters. The minimum absolute atomic E-state index is 0. The first-order valence-electron chi connectivity index (χ1n) is 8.94. The van der Waals surface area contributed by atoms with Crippen LogP contribution < -0.4 is 10.6 Å². The van der Waals surface area contributed by atoms with E-state index >= 15 is 0 Å². The van der Waals surface area contributed by atoms with Crippen LogP contribution in [0.25, 0.3) is 0 Å². The van der Waals surface area contributed by atoms with E-state index in [1.165, 1.54) is 16.7 Å². The number of hydrogen-bond donors (Lipinski definition) is 2. The van der Waals surface area contributed by atoms with Crippen LogP contribution in [0.15, 0.2) is 59.6 Å². The molecule has 2 N–H and O–H groups in total. The number of aliphatic imine (C=N–C) groups is 1. The van der Waals surface area contributed by atoms with E-state index in [4.69, 9.17) is 9.47 Å². The maximum Gasteiger partial charge on any atom is 0.191 e. The second kappa shape index (κ2) is 14.4. The predicted octanol–water partition coefficient (Wildman–Crippen LogP) is 3.72. The molecule has 0 amide bonds. The van der Waals surface area contributed by atoms with Crippen molar-refractivity contribution in [3.05, 3.63) is 71.3 Å². The highest BCUT2D eigenvalue weighted by molar-refractivity contribution is 14.0. The smallest absolute Gasteiger partial charge is 0.191 e. The molecule has 0 aliphatic rings. The van der Waals surface area contributed by atoms with Crippen LogP contribution in [0.5, 0.6) is 0 Å². The van der Waals surface area contributed by atoms with Gasteiger partial charge in [0.25, 0.3) is 0 Å². The molecule has 2 aromatic rings. The van der Waals surface area contributed by atoms with Gasteiger partial charge < -0.3 is 20.1 Å². The van der Waals surface area contributed by atoms with Crippen LogP contribution in [0, 0.1) is 0 Å². The van der Waals surface area contributed by atoms with Crippen molar-refractivity contribution in [3.63, 3.8) is 0 Å². The fourth-order valence-corrected chi connectivity index (χ4v) is 2.44. The van der Waals surface area contributed by atoms with Gasteiger partial charge in [-0.2, -0.15) is 0 Å². The van der Waals surface area contributed by atoms with Gasteiger partial charge in [-0.15, -0.1) is 24.0 Å². The van der Waals surface area contributed by atoms with Gasteiger partial charge in [-0.05, 0) is 23.1 Å². The number of rotatable bonds is 10. The van der Waals surface area contributed by atoms with E-state index in [1.54, 1.807) is 14.2 Å². The summed E-state index contributed by atoms with van der Waals surface area (Å²) in [6.07, 6.45) is 0.953. The topological polar surface area (TPSA) is 54.9 Å². The monoisotopic (exact) mass is 483 g/mol. The molecule has 0 saturated heterocycles. The lowest BCUT2D eigenvalue weighted by molar-refractivity contribution is 0.107. The lowest BCUT2D eigenvalue weighted by atomic mass is 10.1. The van der Waals surface area contributed by atoms with Crippen molar-refractivity contribution < 1.29 is 9.47 Å². The van der Waals surface area contributed by atoms with Crippen LogP contribution in [0.1, 0.15) is 23.1 Å². The number of benzene rings is 2. The molecule has 0 saturated carbocycles. The highest BCUT2D eigenvalue weighted by Crippen LogP contribution is 2.08. The fraction of sp³-hybridized carbons (Fsp3) is 0.381. The Kier molecular flexibility index (Phi) is 12.5. The molecule has 6 heteroatoms. The second-order valence-electron chi connectivity index (χ2n) is 5.99. The van der Waals surface area contributed by atoms with E-state index < -0.39 is 0 Å². The molecule has 0 spiro atoms. The summed E-state index contributed by atoms with van der Waals surface area (Å²) >= 11 is 0. The Hall–Kier alpha value is -1.64. The van der Waals surface area contributed by atoms with E-state index in [9.17, 15) is 0 Å². The molecule has 148 valence electrons.